The Balaban J connectivity index is 2.80. The lowest BCUT2D eigenvalue weighted by Gasteiger charge is -2.19. The number of carbonyl (C=O) groups is 2. The summed E-state index contributed by atoms with van der Waals surface area (Å²) in [5, 5.41) is 11.5. The van der Waals surface area contributed by atoms with Crippen LogP contribution in [0.25, 0.3) is 0 Å². The van der Waals surface area contributed by atoms with Gasteiger partial charge < -0.3 is 15.3 Å². The topological polar surface area (TPSA) is 69.6 Å². The number of carboxylic acids is 1. The Bertz CT molecular complexity index is 450. The number of carbonyl (C=O) groups excluding carboxylic acids is 1. The van der Waals surface area contributed by atoms with Crippen molar-refractivity contribution in [2.24, 2.45) is 5.41 Å². The van der Waals surface area contributed by atoms with E-state index in [4.69, 9.17) is 5.11 Å². The predicted octanol–water partition coefficient (Wildman–Crippen LogP) is 1.80. The average molecular weight is 250 g/mol. The summed E-state index contributed by atoms with van der Waals surface area (Å²) in [6.45, 7) is 2.75. The first-order chi connectivity index (χ1) is 8.25. The van der Waals surface area contributed by atoms with Crippen LogP contribution < -0.4 is 10.2 Å². The molecule has 0 aliphatic rings. The van der Waals surface area contributed by atoms with Gasteiger partial charge in [0.1, 0.15) is 5.41 Å². The first-order valence-corrected chi connectivity index (χ1v) is 5.57. The number of hydrogen-bond donors (Lipinski definition) is 2. The highest BCUT2D eigenvalue weighted by molar-refractivity contribution is 6.07. The number of carboxylic acid groups (broad SMARTS) is 1. The van der Waals surface area contributed by atoms with Crippen LogP contribution in [-0.2, 0) is 9.59 Å². The predicted molar refractivity (Wildman–Crippen MR) is 70.8 cm³/mol. The summed E-state index contributed by atoms with van der Waals surface area (Å²) >= 11 is 0. The Kier molecular flexibility index (Phi) is 3.96. The fourth-order valence-electron chi connectivity index (χ4n) is 1.23. The molecule has 0 saturated carbocycles. The first kappa shape index (κ1) is 14.0. The number of amides is 1. The summed E-state index contributed by atoms with van der Waals surface area (Å²) in [6.07, 6.45) is 0. The summed E-state index contributed by atoms with van der Waals surface area (Å²) in [6, 6.07) is 7.18. The molecule has 0 radical (unpaired) electrons. The van der Waals surface area contributed by atoms with Crippen LogP contribution in [0.1, 0.15) is 13.8 Å². The van der Waals surface area contributed by atoms with E-state index in [1.54, 1.807) is 12.1 Å². The van der Waals surface area contributed by atoms with E-state index in [2.05, 4.69) is 5.32 Å². The minimum Gasteiger partial charge on any atom is -0.480 e. The molecule has 1 amide bonds. The SMILES string of the molecule is CN(C)c1ccc(NC(=O)C(C)(C)C(=O)O)cc1. The van der Waals surface area contributed by atoms with Crippen LogP contribution in [0, 0.1) is 5.41 Å². The number of benzene rings is 1. The number of anilines is 2. The molecular weight excluding hydrogens is 232 g/mol. The highest BCUT2D eigenvalue weighted by Gasteiger charge is 2.35. The quantitative estimate of drug-likeness (QED) is 0.799. The monoisotopic (exact) mass is 250 g/mol. The molecule has 0 heterocycles. The zero-order chi connectivity index (χ0) is 13.9. The molecule has 2 N–H and O–H groups in total. The van der Waals surface area contributed by atoms with Crippen molar-refractivity contribution in [1.82, 2.24) is 0 Å². The Labute approximate surface area is 106 Å². The van der Waals surface area contributed by atoms with Gasteiger partial charge in [-0.25, -0.2) is 0 Å². The second-order valence-corrected chi connectivity index (χ2v) is 4.83. The summed E-state index contributed by atoms with van der Waals surface area (Å²) in [7, 11) is 3.84. The van der Waals surface area contributed by atoms with Crippen molar-refractivity contribution >= 4 is 23.3 Å². The van der Waals surface area contributed by atoms with Crippen molar-refractivity contribution in [2.45, 2.75) is 13.8 Å². The first-order valence-electron chi connectivity index (χ1n) is 5.57. The summed E-state index contributed by atoms with van der Waals surface area (Å²) in [5.41, 5.74) is 0.144. The molecule has 0 bridgehead atoms. The van der Waals surface area contributed by atoms with Crippen LogP contribution in [0.15, 0.2) is 24.3 Å². The molecule has 0 aliphatic heterocycles. The fourth-order valence-corrected chi connectivity index (χ4v) is 1.23. The lowest BCUT2D eigenvalue weighted by Crippen LogP contribution is -2.37. The van der Waals surface area contributed by atoms with E-state index in [-0.39, 0.29) is 0 Å². The van der Waals surface area contributed by atoms with Gasteiger partial charge in [0.2, 0.25) is 5.91 Å². The van der Waals surface area contributed by atoms with Crippen molar-refractivity contribution in [3.63, 3.8) is 0 Å². The normalized spacial score (nSPS) is 10.9. The summed E-state index contributed by atoms with van der Waals surface area (Å²) < 4.78 is 0. The molecule has 1 rings (SSSR count). The Morgan fingerprint density at radius 1 is 1.17 bits per heavy atom. The van der Waals surface area contributed by atoms with Gasteiger partial charge in [0, 0.05) is 25.5 Å². The van der Waals surface area contributed by atoms with Crippen LogP contribution in [0.5, 0.6) is 0 Å². The van der Waals surface area contributed by atoms with E-state index in [0.717, 1.165) is 5.69 Å². The van der Waals surface area contributed by atoms with Crippen molar-refractivity contribution < 1.29 is 14.7 Å². The smallest absolute Gasteiger partial charge is 0.318 e. The number of aliphatic carboxylic acids is 1. The maximum absolute atomic E-state index is 11.8. The van der Waals surface area contributed by atoms with Gasteiger partial charge in [0.05, 0.1) is 0 Å². The Morgan fingerprint density at radius 3 is 2.06 bits per heavy atom. The third kappa shape index (κ3) is 3.00. The molecule has 5 nitrogen and oxygen atoms in total. The summed E-state index contributed by atoms with van der Waals surface area (Å²) in [4.78, 5) is 24.7. The Morgan fingerprint density at radius 2 is 1.67 bits per heavy atom. The van der Waals surface area contributed by atoms with Crippen LogP contribution in [0.3, 0.4) is 0 Å². The van der Waals surface area contributed by atoms with Gasteiger partial charge in [-0.1, -0.05) is 0 Å². The molecule has 0 saturated heterocycles. The molecule has 0 aliphatic carbocycles. The van der Waals surface area contributed by atoms with Crippen molar-refractivity contribution in [1.29, 1.82) is 0 Å². The number of nitrogens with zero attached hydrogens (tertiary/aromatic N) is 1. The summed E-state index contributed by atoms with van der Waals surface area (Å²) in [5.74, 6) is -1.68. The molecule has 18 heavy (non-hydrogen) atoms. The molecule has 1 aromatic carbocycles. The highest BCUT2D eigenvalue weighted by atomic mass is 16.4. The van der Waals surface area contributed by atoms with Crippen molar-refractivity contribution in [3.8, 4) is 0 Å². The highest BCUT2D eigenvalue weighted by Crippen LogP contribution is 2.20. The van der Waals surface area contributed by atoms with E-state index in [1.807, 2.05) is 31.1 Å². The van der Waals surface area contributed by atoms with Gasteiger partial charge in [-0.05, 0) is 38.1 Å². The van der Waals surface area contributed by atoms with E-state index in [9.17, 15) is 9.59 Å². The molecule has 0 fully saturated rings. The molecule has 1 aromatic rings. The number of rotatable bonds is 4. The fraction of sp³-hybridized carbons (Fsp3) is 0.385. The number of hydrogen-bond acceptors (Lipinski definition) is 3. The molecule has 0 aromatic heterocycles. The minimum absolute atomic E-state index is 0.535. The van der Waals surface area contributed by atoms with E-state index in [0.29, 0.717) is 5.69 Å². The van der Waals surface area contributed by atoms with Gasteiger partial charge in [-0.3, -0.25) is 9.59 Å². The Hall–Kier alpha value is -2.04. The van der Waals surface area contributed by atoms with Crippen LogP contribution in [0.2, 0.25) is 0 Å². The molecule has 0 atom stereocenters. The largest absolute Gasteiger partial charge is 0.480 e. The average Bonchev–Trinajstić information content (AvgIpc) is 2.29. The molecular formula is C13H18N2O3. The van der Waals surface area contributed by atoms with Crippen molar-refractivity contribution in [2.75, 3.05) is 24.3 Å². The van der Waals surface area contributed by atoms with Crippen LogP contribution in [0.4, 0.5) is 11.4 Å². The molecule has 0 unspecified atom stereocenters. The van der Waals surface area contributed by atoms with Gasteiger partial charge in [0.15, 0.2) is 0 Å². The molecule has 0 spiro atoms. The minimum atomic E-state index is -1.44. The second-order valence-electron chi connectivity index (χ2n) is 4.83. The van der Waals surface area contributed by atoms with E-state index < -0.39 is 17.3 Å². The van der Waals surface area contributed by atoms with Crippen LogP contribution in [-0.4, -0.2) is 31.1 Å². The second kappa shape index (κ2) is 5.08. The van der Waals surface area contributed by atoms with E-state index >= 15 is 0 Å². The van der Waals surface area contributed by atoms with Gasteiger partial charge in [-0.15, -0.1) is 0 Å². The maximum Gasteiger partial charge on any atom is 0.318 e. The zero-order valence-electron chi connectivity index (χ0n) is 11.0. The van der Waals surface area contributed by atoms with Gasteiger partial charge in [-0.2, -0.15) is 0 Å². The lowest BCUT2D eigenvalue weighted by molar-refractivity contribution is -0.151. The third-order valence-electron chi connectivity index (χ3n) is 2.74. The van der Waals surface area contributed by atoms with Gasteiger partial charge in [0.25, 0.3) is 0 Å². The molecule has 5 heteroatoms. The maximum atomic E-state index is 11.8. The third-order valence-corrected chi connectivity index (χ3v) is 2.74. The van der Waals surface area contributed by atoms with E-state index in [1.165, 1.54) is 13.8 Å². The van der Waals surface area contributed by atoms with Crippen LogP contribution >= 0.6 is 0 Å². The standard InChI is InChI=1S/C13H18N2O3/c1-13(2,12(17)18)11(16)14-9-5-7-10(8-6-9)15(3)4/h5-8H,1-4H3,(H,14,16)(H,17,18). The van der Waals surface area contributed by atoms with Gasteiger partial charge >= 0.3 is 5.97 Å². The van der Waals surface area contributed by atoms with Crippen molar-refractivity contribution in [3.05, 3.63) is 24.3 Å². The zero-order valence-corrected chi connectivity index (χ0v) is 11.0. The number of nitrogens with one attached hydrogen (secondary N) is 1. The molecule has 98 valence electrons. The lowest BCUT2D eigenvalue weighted by atomic mass is 9.92.